The molecule has 2 aromatic carbocycles. The lowest BCUT2D eigenvalue weighted by molar-refractivity contribution is -0.133. The Bertz CT molecular complexity index is 1520. The van der Waals surface area contributed by atoms with Crippen molar-refractivity contribution in [3.05, 3.63) is 68.9 Å². The molecule has 2 aliphatic rings. The molecule has 0 N–H and O–H groups in total. The number of carbonyl (C=O) groups excluding carboxylic acids is 1. The number of hydrogen-bond donors (Lipinski definition) is 0. The van der Waals surface area contributed by atoms with Gasteiger partial charge in [0.25, 0.3) is 0 Å². The van der Waals surface area contributed by atoms with Gasteiger partial charge in [-0.1, -0.05) is 52.1 Å². The molecule has 0 aliphatic carbocycles. The van der Waals surface area contributed by atoms with Crippen molar-refractivity contribution in [1.29, 1.82) is 0 Å². The van der Waals surface area contributed by atoms with Crippen LogP contribution in [-0.4, -0.2) is 101 Å². The van der Waals surface area contributed by atoms with Gasteiger partial charge in [0.15, 0.2) is 0 Å². The number of carbonyl (C=O) groups is 1. The number of halogens is 3. The molecule has 0 bridgehead atoms. The second kappa shape index (κ2) is 12.7. The molecule has 2 saturated heterocycles. The van der Waals surface area contributed by atoms with Crippen LogP contribution >= 0.6 is 34.8 Å². The Morgan fingerprint density at radius 2 is 1.62 bits per heavy atom. The number of amides is 1. The predicted molar refractivity (Wildman–Crippen MR) is 166 cm³/mol. The van der Waals surface area contributed by atoms with Crippen LogP contribution in [0, 0.1) is 6.92 Å². The van der Waals surface area contributed by atoms with Crippen molar-refractivity contribution in [2.24, 2.45) is 0 Å². The number of hydrogen-bond acceptors (Lipinski definition) is 7. The highest BCUT2D eigenvalue weighted by Gasteiger charge is 2.36. The van der Waals surface area contributed by atoms with Crippen LogP contribution in [0.15, 0.2) is 42.6 Å². The zero-order valence-corrected chi connectivity index (χ0v) is 26.8. The van der Waals surface area contributed by atoms with Crippen LogP contribution in [0.5, 0.6) is 0 Å². The molecule has 2 atom stereocenters. The smallest absolute Gasteiger partial charge is 0.239 e. The second-order valence-electron chi connectivity index (χ2n) is 11.0. The van der Waals surface area contributed by atoms with Gasteiger partial charge in [-0.05, 0) is 50.6 Å². The molecule has 3 heterocycles. The SMILES string of the molecule is Cc1cccc(N2CCN(S(=O)(=O)CC(=O)N3C[C@@H](C)N(Cc4cn(-c5c(Cl)cc(Cl)cc5Cl)nn4)[C@@H](C)C3)CC2)c1. The first kappa shape index (κ1) is 31.0. The highest BCUT2D eigenvalue weighted by Crippen LogP contribution is 2.32. The Kier molecular flexibility index (Phi) is 9.36. The molecule has 14 heteroatoms. The summed E-state index contributed by atoms with van der Waals surface area (Å²) >= 11 is 18.7. The van der Waals surface area contributed by atoms with Crippen molar-refractivity contribution in [2.45, 2.75) is 39.4 Å². The minimum absolute atomic E-state index is 0.0221. The third-order valence-corrected chi connectivity index (χ3v) is 10.4. The first-order chi connectivity index (χ1) is 19.9. The zero-order chi connectivity index (χ0) is 30.2. The summed E-state index contributed by atoms with van der Waals surface area (Å²) in [6.07, 6.45) is 1.77. The molecule has 0 unspecified atom stereocenters. The fourth-order valence-electron chi connectivity index (χ4n) is 5.68. The maximum Gasteiger partial charge on any atom is 0.239 e. The van der Waals surface area contributed by atoms with E-state index in [1.54, 1.807) is 23.2 Å². The normalized spacial score (nSPS) is 20.7. The van der Waals surface area contributed by atoms with Gasteiger partial charge in [0.2, 0.25) is 15.9 Å². The molecular formula is C28H34Cl3N7O3S. The quantitative estimate of drug-likeness (QED) is 0.379. The summed E-state index contributed by atoms with van der Waals surface area (Å²) in [7, 11) is -3.73. The summed E-state index contributed by atoms with van der Waals surface area (Å²) in [5.74, 6) is -0.888. The molecule has 2 fully saturated rings. The van der Waals surface area contributed by atoms with Gasteiger partial charge in [-0.3, -0.25) is 9.69 Å². The van der Waals surface area contributed by atoms with E-state index in [-0.39, 0.29) is 18.0 Å². The fraction of sp³-hybridized carbons (Fsp3) is 0.464. The Morgan fingerprint density at radius 3 is 2.24 bits per heavy atom. The van der Waals surface area contributed by atoms with Gasteiger partial charge in [-0.2, -0.15) is 4.31 Å². The number of aromatic nitrogens is 3. The number of nitrogens with zero attached hydrogens (tertiary/aromatic N) is 7. The third-order valence-electron chi connectivity index (χ3n) is 7.86. The number of benzene rings is 2. The Morgan fingerprint density at radius 1 is 0.976 bits per heavy atom. The lowest BCUT2D eigenvalue weighted by Gasteiger charge is -2.44. The third kappa shape index (κ3) is 6.87. The van der Waals surface area contributed by atoms with Gasteiger partial charge < -0.3 is 9.80 Å². The lowest BCUT2D eigenvalue weighted by atomic mass is 10.1. The van der Waals surface area contributed by atoms with Crippen molar-refractivity contribution in [3.63, 3.8) is 0 Å². The van der Waals surface area contributed by atoms with E-state index in [9.17, 15) is 13.2 Å². The molecular weight excluding hydrogens is 621 g/mol. The van der Waals surface area contributed by atoms with E-state index in [1.807, 2.05) is 39.0 Å². The topological polar surface area (TPSA) is 94.9 Å². The van der Waals surface area contributed by atoms with E-state index in [0.29, 0.717) is 72.3 Å². The average molecular weight is 655 g/mol. The van der Waals surface area contributed by atoms with Gasteiger partial charge in [-0.15, -0.1) is 5.10 Å². The highest BCUT2D eigenvalue weighted by molar-refractivity contribution is 7.89. The zero-order valence-electron chi connectivity index (χ0n) is 23.8. The van der Waals surface area contributed by atoms with Gasteiger partial charge in [0, 0.05) is 68.6 Å². The Balaban J connectivity index is 1.16. The van der Waals surface area contributed by atoms with Crippen LogP contribution in [0.2, 0.25) is 15.1 Å². The van der Waals surface area contributed by atoms with Crippen LogP contribution in [0.4, 0.5) is 5.69 Å². The largest absolute Gasteiger partial charge is 0.369 e. The van der Waals surface area contributed by atoms with Gasteiger partial charge in [0.05, 0.1) is 21.9 Å². The standard InChI is InChI=1S/C28H34Cl3N7O3S/c1-19-5-4-6-24(11-19)34-7-9-36(10-8-34)42(40,41)18-27(39)35-14-20(2)37(21(3)15-35)16-23-17-38(33-32-23)28-25(30)12-22(29)13-26(28)31/h4-6,11-13,17,20-21H,7-10,14-16,18H2,1-3H3/t20-,21+. The molecule has 2 aliphatic heterocycles. The van der Waals surface area contributed by atoms with E-state index in [4.69, 9.17) is 34.8 Å². The highest BCUT2D eigenvalue weighted by atomic mass is 35.5. The molecule has 42 heavy (non-hydrogen) atoms. The maximum atomic E-state index is 13.2. The van der Waals surface area contributed by atoms with Crippen LogP contribution in [0.3, 0.4) is 0 Å². The van der Waals surface area contributed by atoms with E-state index in [0.717, 1.165) is 11.3 Å². The van der Waals surface area contributed by atoms with Gasteiger partial charge in [-0.25, -0.2) is 13.1 Å². The van der Waals surface area contributed by atoms with Crippen molar-refractivity contribution in [1.82, 2.24) is 29.1 Å². The summed E-state index contributed by atoms with van der Waals surface area (Å²) in [6, 6.07) is 11.3. The summed E-state index contributed by atoms with van der Waals surface area (Å²) in [4.78, 5) is 19.3. The van der Waals surface area contributed by atoms with E-state index in [1.165, 1.54) is 8.99 Å². The summed E-state index contributed by atoms with van der Waals surface area (Å²) in [5, 5.41) is 9.64. The average Bonchev–Trinajstić information content (AvgIpc) is 3.38. The van der Waals surface area contributed by atoms with E-state index in [2.05, 4.69) is 26.2 Å². The van der Waals surface area contributed by atoms with Crippen LogP contribution in [-0.2, 0) is 21.4 Å². The molecule has 5 rings (SSSR count). The first-order valence-electron chi connectivity index (χ1n) is 13.8. The van der Waals surface area contributed by atoms with Crippen LogP contribution < -0.4 is 4.90 Å². The summed E-state index contributed by atoms with van der Waals surface area (Å²) < 4.78 is 29.4. The molecule has 3 aromatic rings. The molecule has 0 spiro atoms. The molecule has 0 radical (unpaired) electrons. The molecule has 0 saturated carbocycles. The van der Waals surface area contributed by atoms with Crippen molar-refractivity contribution in [3.8, 4) is 5.69 Å². The number of piperazine rings is 2. The van der Waals surface area contributed by atoms with Crippen molar-refractivity contribution in [2.75, 3.05) is 49.9 Å². The molecule has 226 valence electrons. The minimum atomic E-state index is -3.73. The minimum Gasteiger partial charge on any atom is -0.369 e. The Hall–Kier alpha value is -2.41. The van der Waals surface area contributed by atoms with E-state index >= 15 is 0 Å². The monoisotopic (exact) mass is 653 g/mol. The van der Waals surface area contributed by atoms with Crippen LogP contribution in [0.1, 0.15) is 25.1 Å². The maximum absolute atomic E-state index is 13.2. The molecule has 1 aromatic heterocycles. The fourth-order valence-corrected chi connectivity index (χ4v) is 8.07. The Labute approximate surface area is 261 Å². The predicted octanol–water partition coefficient (Wildman–Crippen LogP) is 4.11. The van der Waals surface area contributed by atoms with Gasteiger partial charge >= 0.3 is 0 Å². The second-order valence-corrected chi connectivity index (χ2v) is 14.2. The molecule has 10 nitrogen and oxygen atoms in total. The lowest BCUT2D eigenvalue weighted by Crippen LogP contribution is -2.59. The molecule has 1 amide bonds. The van der Waals surface area contributed by atoms with Crippen LogP contribution in [0.25, 0.3) is 5.69 Å². The number of rotatable bonds is 7. The number of anilines is 1. The summed E-state index contributed by atoms with van der Waals surface area (Å²) in [6.45, 7) is 9.31. The first-order valence-corrected chi connectivity index (χ1v) is 16.5. The number of sulfonamides is 1. The van der Waals surface area contributed by atoms with E-state index < -0.39 is 15.8 Å². The summed E-state index contributed by atoms with van der Waals surface area (Å²) in [5.41, 5.74) is 3.46. The van der Waals surface area contributed by atoms with Crippen molar-refractivity contribution < 1.29 is 13.2 Å². The van der Waals surface area contributed by atoms with Crippen molar-refractivity contribution >= 4 is 56.4 Å². The van der Waals surface area contributed by atoms with Gasteiger partial charge in [0.1, 0.15) is 11.4 Å². The number of aryl methyl sites for hydroxylation is 1.